The molecule has 2 amide bonds. The summed E-state index contributed by atoms with van der Waals surface area (Å²) in [5.41, 5.74) is 4.89. The zero-order valence-electron chi connectivity index (χ0n) is 17.1. The Balaban J connectivity index is 1.55. The summed E-state index contributed by atoms with van der Waals surface area (Å²) in [7, 11) is 0. The number of carbonyl (C=O) groups excluding carboxylic acids is 1. The molecular weight excluding hydrogens is 376 g/mol. The topological polar surface area (TPSA) is 76.0 Å². The zero-order valence-corrected chi connectivity index (χ0v) is 17.1. The third-order valence-electron chi connectivity index (χ3n) is 5.09. The van der Waals surface area contributed by atoms with E-state index in [-0.39, 0.29) is 11.6 Å². The first-order valence-electron chi connectivity index (χ1n) is 9.66. The van der Waals surface area contributed by atoms with Gasteiger partial charge < -0.3 is 10.6 Å². The molecule has 0 unspecified atom stereocenters. The number of fused-ring (bicyclic) bond motifs is 1. The summed E-state index contributed by atoms with van der Waals surface area (Å²) >= 11 is 0. The van der Waals surface area contributed by atoms with Crippen LogP contribution >= 0.6 is 0 Å². The van der Waals surface area contributed by atoms with Crippen LogP contribution in [0.2, 0.25) is 0 Å². The highest BCUT2D eigenvalue weighted by Gasteiger charge is 2.10. The molecule has 0 aliphatic carbocycles. The molecule has 0 saturated carbocycles. The van der Waals surface area contributed by atoms with E-state index in [1.807, 2.05) is 50.2 Å². The van der Waals surface area contributed by atoms with Gasteiger partial charge in [0.25, 0.3) is 5.56 Å². The molecule has 0 bridgehead atoms. The van der Waals surface area contributed by atoms with Gasteiger partial charge in [0.1, 0.15) is 5.82 Å². The van der Waals surface area contributed by atoms with E-state index in [2.05, 4.69) is 15.6 Å². The smallest absolute Gasteiger partial charge is 0.308 e. The number of urea groups is 1. The first-order chi connectivity index (χ1) is 14.4. The Hall–Kier alpha value is -3.93. The molecule has 0 fully saturated rings. The number of anilines is 2. The molecule has 1 aromatic heterocycles. The monoisotopic (exact) mass is 398 g/mol. The Kier molecular flexibility index (Phi) is 5.06. The van der Waals surface area contributed by atoms with Crippen LogP contribution in [-0.4, -0.2) is 15.6 Å². The van der Waals surface area contributed by atoms with Crippen molar-refractivity contribution in [3.63, 3.8) is 0 Å². The predicted molar refractivity (Wildman–Crippen MR) is 121 cm³/mol. The van der Waals surface area contributed by atoms with Crippen LogP contribution in [0.1, 0.15) is 17.0 Å². The van der Waals surface area contributed by atoms with Crippen molar-refractivity contribution in [2.75, 3.05) is 10.6 Å². The van der Waals surface area contributed by atoms with Crippen molar-refractivity contribution in [3.8, 4) is 5.69 Å². The highest BCUT2D eigenvalue weighted by molar-refractivity contribution is 5.99. The number of nitrogens with one attached hydrogen (secondary N) is 2. The lowest BCUT2D eigenvalue weighted by atomic mass is 10.1. The fourth-order valence-electron chi connectivity index (χ4n) is 3.35. The lowest BCUT2D eigenvalue weighted by Gasteiger charge is -2.12. The molecule has 0 spiro atoms. The average Bonchev–Trinajstić information content (AvgIpc) is 2.72. The molecule has 4 rings (SSSR count). The third kappa shape index (κ3) is 3.80. The van der Waals surface area contributed by atoms with Gasteiger partial charge in [-0.3, -0.25) is 9.36 Å². The Morgan fingerprint density at radius 1 is 0.833 bits per heavy atom. The van der Waals surface area contributed by atoms with E-state index in [0.717, 1.165) is 11.3 Å². The van der Waals surface area contributed by atoms with Gasteiger partial charge in [-0.05, 0) is 80.4 Å². The highest BCUT2D eigenvalue weighted by atomic mass is 16.2. The van der Waals surface area contributed by atoms with Crippen molar-refractivity contribution < 1.29 is 4.79 Å². The van der Waals surface area contributed by atoms with Gasteiger partial charge in [-0.25, -0.2) is 9.78 Å². The molecule has 4 aromatic rings. The minimum Gasteiger partial charge on any atom is -0.308 e. The van der Waals surface area contributed by atoms with Gasteiger partial charge in [0.2, 0.25) is 0 Å². The largest absolute Gasteiger partial charge is 0.323 e. The number of aromatic nitrogens is 2. The predicted octanol–water partition coefficient (Wildman–Crippen LogP) is 4.95. The quantitative estimate of drug-likeness (QED) is 0.512. The maximum atomic E-state index is 12.9. The van der Waals surface area contributed by atoms with Gasteiger partial charge in [0.05, 0.1) is 16.6 Å². The molecule has 6 nitrogen and oxygen atoms in total. The summed E-state index contributed by atoms with van der Waals surface area (Å²) in [6.45, 7) is 5.83. The molecule has 150 valence electrons. The molecule has 6 heteroatoms. The Morgan fingerprint density at radius 2 is 1.50 bits per heavy atom. The van der Waals surface area contributed by atoms with E-state index in [9.17, 15) is 9.59 Å². The molecule has 3 aromatic carbocycles. The van der Waals surface area contributed by atoms with Crippen LogP contribution in [-0.2, 0) is 0 Å². The van der Waals surface area contributed by atoms with Gasteiger partial charge in [-0.1, -0.05) is 18.2 Å². The summed E-state index contributed by atoms with van der Waals surface area (Å²) < 4.78 is 1.57. The van der Waals surface area contributed by atoms with Crippen molar-refractivity contribution in [1.82, 2.24) is 9.55 Å². The molecule has 30 heavy (non-hydrogen) atoms. The van der Waals surface area contributed by atoms with Crippen LogP contribution in [0, 0.1) is 20.8 Å². The Labute approximate surface area is 174 Å². The standard InChI is InChI=1S/C24H22N4O2/c1-15-8-9-19(14-16(15)2)27-24(30)26-18-10-12-20(13-11-18)28-17(3)25-22-7-5-4-6-21(22)23(28)29/h4-14H,1-3H3,(H2,26,27,30). The van der Waals surface area contributed by atoms with Crippen molar-refractivity contribution in [1.29, 1.82) is 0 Å². The van der Waals surface area contributed by atoms with Crippen molar-refractivity contribution in [3.05, 3.63) is 94.0 Å². The van der Waals surface area contributed by atoms with Gasteiger partial charge in [-0.2, -0.15) is 0 Å². The first-order valence-corrected chi connectivity index (χ1v) is 9.66. The average molecular weight is 398 g/mol. The van der Waals surface area contributed by atoms with Crippen LogP contribution < -0.4 is 16.2 Å². The summed E-state index contributed by atoms with van der Waals surface area (Å²) in [5.74, 6) is 0.604. The van der Waals surface area contributed by atoms with Crippen molar-refractivity contribution in [2.45, 2.75) is 20.8 Å². The Bertz CT molecular complexity index is 1310. The first kappa shape index (κ1) is 19.4. The molecule has 0 saturated heterocycles. The SMILES string of the molecule is Cc1ccc(NC(=O)Nc2ccc(-n3c(C)nc4ccccc4c3=O)cc2)cc1C. The molecule has 0 atom stereocenters. The lowest BCUT2D eigenvalue weighted by molar-refractivity contribution is 0.262. The number of amides is 2. The van der Waals surface area contributed by atoms with Gasteiger partial charge in [-0.15, -0.1) is 0 Å². The van der Waals surface area contributed by atoms with Gasteiger partial charge in [0.15, 0.2) is 0 Å². The number of carbonyl (C=O) groups is 1. The summed E-state index contributed by atoms with van der Waals surface area (Å²) in [4.78, 5) is 29.7. The van der Waals surface area contributed by atoms with E-state index < -0.39 is 0 Å². The summed E-state index contributed by atoms with van der Waals surface area (Å²) in [5, 5.41) is 6.20. The number of nitrogens with zero attached hydrogens (tertiary/aromatic N) is 2. The third-order valence-corrected chi connectivity index (χ3v) is 5.09. The molecule has 2 N–H and O–H groups in total. The normalized spacial score (nSPS) is 10.8. The van der Waals surface area contributed by atoms with Gasteiger partial charge in [0, 0.05) is 11.4 Å². The van der Waals surface area contributed by atoms with E-state index >= 15 is 0 Å². The maximum absolute atomic E-state index is 12.9. The number of benzene rings is 3. The molecule has 0 radical (unpaired) electrons. The number of hydrogen-bond donors (Lipinski definition) is 2. The van der Waals surface area contributed by atoms with Crippen LogP contribution in [0.5, 0.6) is 0 Å². The second-order valence-corrected chi connectivity index (χ2v) is 7.24. The van der Waals surface area contributed by atoms with E-state index in [1.165, 1.54) is 5.56 Å². The highest BCUT2D eigenvalue weighted by Crippen LogP contribution is 2.17. The number of rotatable bonds is 3. The molecule has 0 aliphatic rings. The Morgan fingerprint density at radius 3 is 2.23 bits per heavy atom. The zero-order chi connectivity index (χ0) is 21.3. The van der Waals surface area contributed by atoms with Crippen LogP contribution in [0.4, 0.5) is 16.2 Å². The van der Waals surface area contributed by atoms with Crippen LogP contribution in [0.15, 0.2) is 71.5 Å². The number of aryl methyl sites for hydroxylation is 3. The van der Waals surface area contributed by atoms with E-state index in [1.54, 1.807) is 41.8 Å². The second-order valence-electron chi connectivity index (χ2n) is 7.24. The van der Waals surface area contributed by atoms with Crippen molar-refractivity contribution in [2.24, 2.45) is 0 Å². The van der Waals surface area contributed by atoms with E-state index in [0.29, 0.717) is 28.1 Å². The minimum absolute atomic E-state index is 0.119. The van der Waals surface area contributed by atoms with Crippen LogP contribution in [0.3, 0.4) is 0 Å². The molecule has 0 aliphatic heterocycles. The molecule has 1 heterocycles. The number of para-hydroxylation sites is 1. The summed E-state index contributed by atoms with van der Waals surface area (Å²) in [6.07, 6.45) is 0. The van der Waals surface area contributed by atoms with Crippen molar-refractivity contribution >= 4 is 28.3 Å². The number of hydrogen-bond acceptors (Lipinski definition) is 3. The lowest BCUT2D eigenvalue weighted by Crippen LogP contribution is -2.22. The maximum Gasteiger partial charge on any atom is 0.323 e. The molecular formula is C24H22N4O2. The van der Waals surface area contributed by atoms with E-state index in [4.69, 9.17) is 0 Å². The van der Waals surface area contributed by atoms with Gasteiger partial charge >= 0.3 is 6.03 Å². The fraction of sp³-hybridized carbons (Fsp3) is 0.125. The summed E-state index contributed by atoms with van der Waals surface area (Å²) in [6, 6.07) is 19.8. The minimum atomic E-state index is -0.327. The van der Waals surface area contributed by atoms with Crippen LogP contribution in [0.25, 0.3) is 16.6 Å². The second kappa shape index (κ2) is 7.83. The fourth-order valence-corrected chi connectivity index (χ4v) is 3.35.